The number of rotatable bonds is 6. The second-order valence-electron chi connectivity index (χ2n) is 5.50. The molecule has 0 aliphatic rings. The number of hydrogen-bond acceptors (Lipinski definition) is 5. The van der Waals surface area contributed by atoms with Crippen LogP contribution in [-0.2, 0) is 6.18 Å². The van der Waals surface area contributed by atoms with Gasteiger partial charge in [-0.15, -0.1) is 0 Å². The first-order valence-corrected chi connectivity index (χ1v) is 7.63. The molecule has 2 aromatic rings. The fourth-order valence-electron chi connectivity index (χ4n) is 2.56. The van der Waals surface area contributed by atoms with Gasteiger partial charge in [0.25, 0.3) is 11.4 Å². The first-order chi connectivity index (χ1) is 12.6. The van der Waals surface area contributed by atoms with Crippen LogP contribution in [0.4, 0.5) is 40.3 Å². The van der Waals surface area contributed by atoms with Crippen LogP contribution in [0.1, 0.15) is 18.9 Å². The number of benzene rings is 2. The van der Waals surface area contributed by atoms with Crippen molar-refractivity contribution in [3.63, 3.8) is 0 Å². The van der Waals surface area contributed by atoms with Gasteiger partial charge < -0.3 is 4.90 Å². The van der Waals surface area contributed by atoms with Crippen molar-refractivity contribution in [2.45, 2.75) is 19.5 Å². The summed E-state index contributed by atoms with van der Waals surface area (Å²) in [5.41, 5.74) is -4.36. The molecule has 0 radical (unpaired) electrons. The number of nitrogens with zero attached hydrogens (tertiary/aromatic N) is 3. The van der Waals surface area contributed by atoms with E-state index in [1.807, 2.05) is 0 Å². The largest absolute Gasteiger partial charge is 0.418 e. The summed E-state index contributed by atoms with van der Waals surface area (Å²) in [6.07, 6.45) is -4.78. The molecular formula is C16H13F4N3O4. The van der Waals surface area contributed by atoms with Crippen molar-refractivity contribution >= 4 is 22.7 Å². The van der Waals surface area contributed by atoms with Gasteiger partial charge in [-0.3, -0.25) is 20.2 Å². The molecule has 0 N–H and O–H groups in total. The Hall–Kier alpha value is -3.24. The third-order valence-corrected chi connectivity index (χ3v) is 3.64. The van der Waals surface area contributed by atoms with Gasteiger partial charge in [0.05, 0.1) is 21.5 Å². The van der Waals surface area contributed by atoms with Gasteiger partial charge in [0.2, 0.25) is 0 Å². The zero-order valence-corrected chi connectivity index (χ0v) is 13.9. The minimum atomic E-state index is -5.09. The van der Waals surface area contributed by atoms with Crippen LogP contribution >= 0.6 is 0 Å². The molecule has 0 amide bonds. The summed E-state index contributed by atoms with van der Waals surface area (Å²) >= 11 is 0. The number of alkyl halides is 3. The first-order valence-electron chi connectivity index (χ1n) is 7.63. The molecule has 2 rings (SSSR count). The highest BCUT2D eigenvalue weighted by Gasteiger charge is 2.41. The van der Waals surface area contributed by atoms with E-state index < -0.39 is 44.5 Å². The summed E-state index contributed by atoms with van der Waals surface area (Å²) < 4.78 is 53.9. The van der Waals surface area contributed by atoms with E-state index in [9.17, 15) is 37.8 Å². The van der Waals surface area contributed by atoms with Gasteiger partial charge in [0.15, 0.2) is 0 Å². The maximum Gasteiger partial charge on any atom is 0.418 e. The van der Waals surface area contributed by atoms with Crippen LogP contribution in [0.3, 0.4) is 0 Å². The van der Waals surface area contributed by atoms with E-state index in [0.717, 1.165) is 17.0 Å². The molecule has 0 bridgehead atoms. The number of nitro groups is 2. The number of non-ortho nitro benzene ring substituents is 1. The van der Waals surface area contributed by atoms with E-state index in [0.29, 0.717) is 12.5 Å². The molecule has 0 saturated carbocycles. The van der Waals surface area contributed by atoms with Crippen molar-refractivity contribution in [3.05, 3.63) is 68.0 Å². The topological polar surface area (TPSA) is 89.5 Å². The fourth-order valence-corrected chi connectivity index (χ4v) is 2.56. The highest BCUT2D eigenvalue weighted by atomic mass is 19.4. The van der Waals surface area contributed by atoms with Crippen LogP contribution in [0.15, 0.2) is 36.4 Å². The van der Waals surface area contributed by atoms with Crippen molar-refractivity contribution in [2.75, 3.05) is 11.4 Å². The van der Waals surface area contributed by atoms with Gasteiger partial charge in [-0.1, -0.05) is 6.92 Å². The van der Waals surface area contributed by atoms with Gasteiger partial charge in [0, 0.05) is 18.3 Å². The smallest absolute Gasteiger partial charge is 0.335 e. The Kier molecular flexibility index (Phi) is 5.62. The molecular weight excluding hydrogens is 374 g/mol. The lowest BCUT2D eigenvalue weighted by Crippen LogP contribution is -2.23. The average Bonchev–Trinajstić information content (AvgIpc) is 2.58. The first kappa shape index (κ1) is 20.1. The number of nitro benzene ring substituents is 2. The predicted octanol–water partition coefficient (Wildman–Crippen LogP) is 5.21. The van der Waals surface area contributed by atoms with Crippen LogP contribution in [0, 0.1) is 26.0 Å². The Morgan fingerprint density at radius 1 is 1.04 bits per heavy atom. The third-order valence-electron chi connectivity index (χ3n) is 3.64. The van der Waals surface area contributed by atoms with Crippen LogP contribution in [0.25, 0.3) is 0 Å². The molecule has 0 saturated heterocycles. The van der Waals surface area contributed by atoms with Gasteiger partial charge in [-0.05, 0) is 30.7 Å². The van der Waals surface area contributed by atoms with Crippen molar-refractivity contribution in [2.24, 2.45) is 0 Å². The van der Waals surface area contributed by atoms with Crippen molar-refractivity contribution in [1.82, 2.24) is 0 Å². The summed E-state index contributed by atoms with van der Waals surface area (Å²) in [6.45, 7) is 1.58. The Labute approximate surface area is 150 Å². The SMILES string of the molecule is CCCN(c1ccc(F)cc1)c1c([N+](=O)[O-])cc([N+](=O)[O-])cc1C(F)(F)F. The Bertz CT molecular complexity index is 869. The molecule has 0 heterocycles. The van der Waals surface area contributed by atoms with Gasteiger partial charge in [-0.25, -0.2) is 4.39 Å². The molecule has 2 aromatic carbocycles. The highest BCUT2D eigenvalue weighted by Crippen LogP contribution is 2.46. The summed E-state index contributed by atoms with van der Waals surface area (Å²) in [4.78, 5) is 21.1. The zero-order valence-electron chi connectivity index (χ0n) is 13.9. The van der Waals surface area contributed by atoms with Crippen molar-refractivity contribution in [3.8, 4) is 0 Å². The molecule has 0 unspecified atom stereocenters. The lowest BCUT2D eigenvalue weighted by molar-refractivity contribution is -0.394. The number of anilines is 2. The van der Waals surface area contributed by atoms with E-state index in [4.69, 9.17) is 0 Å². The molecule has 27 heavy (non-hydrogen) atoms. The molecule has 144 valence electrons. The van der Waals surface area contributed by atoms with E-state index in [-0.39, 0.29) is 18.3 Å². The fraction of sp³-hybridized carbons (Fsp3) is 0.250. The molecule has 0 aliphatic heterocycles. The molecule has 0 aliphatic carbocycles. The lowest BCUT2D eigenvalue weighted by Gasteiger charge is -2.27. The highest BCUT2D eigenvalue weighted by molar-refractivity contribution is 5.78. The second-order valence-corrected chi connectivity index (χ2v) is 5.50. The maximum atomic E-state index is 13.6. The average molecular weight is 387 g/mol. The Balaban J connectivity index is 2.85. The maximum absolute atomic E-state index is 13.6. The Morgan fingerprint density at radius 3 is 2.07 bits per heavy atom. The van der Waals surface area contributed by atoms with Gasteiger partial charge in [-0.2, -0.15) is 13.2 Å². The zero-order chi connectivity index (χ0) is 20.4. The summed E-state index contributed by atoms with van der Waals surface area (Å²) in [7, 11) is 0. The number of hydrogen-bond donors (Lipinski definition) is 0. The van der Waals surface area contributed by atoms with E-state index in [1.165, 1.54) is 12.1 Å². The molecule has 0 aromatic heterocycles. The molecule has 11 heteroatoms. The molecule has 0 spiro atoms. The standard InChI is InChI=1S/C16H13F4N3O4/c1-2-7-21(11-5-3-10(17)4-6-11)15-13(16(18,19)20)8-12(22(24)25)9-14(15)23(26)27/h3-6,8-9H,2,7H2,1H3. The van der Waals surface area contributed by atoms with Crippen molar-refractivity contribution in [1.29, 1.82) is 0 Å². The minimum Gasteiger partial charge on any atom is -0.335 e. The summed E-state index contributed by atoms with van der Waals surface area (Å²) in [5.74, 6) is -0.635. The minimum absolute atomic E-state index is 0.0621. The van der Waals surface area contributed by atoms with Gasteiger partial charge in [0.1, 0.15) is 11.5 Å². The Morgan fingerprint density at radius 2 is 1.63 bits per heavy atom. The predicted molar refractivity (Wildman–Crippen MR) is 88.4 cm³/mol. The normalized spacial score (nSPS) is 11.3. The van der Waals surface area contributed by atoms with E-state index in [1.54, 1.807) is 6.92 Å². The summed E-state index contributed by atoms with van der Waals surface area (Å²) in [6, 6.07) is 5.10. The van der Waals surface area contributed by atoms with Crippen molar-refractivity contribution < 1.29 is 27.4 Å². The molecule has 0 atom stereocenters. The van der Waals surface area contributed by atoms with Crippen LogP contribution in [0.2, 0.25) is 0 Å². The van der Waals surface area contributed by atoms with Crippen LogP contribution in [-0.4, -0.2) is 16.4 Å². The number of halogens is 4. The lowest BCUT2D eigenvalue weighted by atomic mass is 10.1. The van der Waals surface area contributed by atoms with E-state index >= 15 is 0 Å². The van der Waals surface area contributed by atoms with Crippen LogP contribution in [0.5, 0.6) is 0 Å². The third kappa shape index (κ3) is 4.30. The molecule has 7 nitrogen and oxygen atoms in total. The van der Waals surface area contributed by atoms with Gasteiger partial charge >= 0.3 is 6.18 Å². The van der Waals surface area contributed by atoms with Crippen LogP contribution < -0.4 is 4.90 Å². The second kappa shape index (κ2) is 7.56. The molecule has 0 fully saturated rings. The quantitative estimate of drug-likeness (QED) is 0.386. The van der Waals surface area contributed by atoms with E-state index in [2.05, 4.69) is 0 Å². The monoisotopic (exact) mass is 387 g/mol. The summed E-state index contributed by atoms with van der Waals surface area (Å²) in [5, 5.41) is 22.3.